The number of aromatic nitrogens is 3. The van der Waals surface area contributed by atoms with Gasteiger partial charge in [-0.25, -0.2) is 13.8 Å². The van der Waals surface area contributed by atoms with Gasteiger partial charge in [-0.1, -0.05) is 0 Å². The quantitative estimate of drug-likeness (QED) is 0.544. The van der Waals surface area contributed by atoms with E-state index in [4.69, 9.17) is 4.74 Å². The molecule has 11 heteroatoms. The topological polar surface area (TPSA) is 63.4 Å². The van der Waals surface area contributed by atoms with Gasteiger partial charge in [-0.15, -0.1) is 0 Å². The lowest BCUT2D eigenvalue weighted by Crippen LogP contribution is -2.42. The summed E-state index contributed by atoms with van der Waals surface area (Å²) in [5, 5.41) is 14.1. The molecule has 3 heterocycles. The first kappa shape index (κ1) is 23.2. The number of pyridine rings is 1. The summed E-state index contributed by atoms with van der Waals surface area (Å²) in [5.74, 6) is -4.68. The number of phenolic OH excluding ortho intramolecular Hbond substituents is 1. The number of aromatic hydroxyl groups is 1. The number of hydrogen-bond donors (Lipinski definition) is 1. The molecule has 2 unspecified atom stereocenters. The maximum absolute atomic E-state index is 14.6. The van der Waals surface area contributed by atoms with E-state index in [1.165, 1.54) is 10.9 Å². The van der Waals surface area contributed by atoms with E-state index in [0.717, 1.165) is 12.8 Å². The van der Waals surface area contributed by atoms with Crippen molar-refractivity contribution in [1.82, 2.24) is 14.8 Å². The summed E-state index contributed by atoms with van der Waals surface area (Å²) in [7, 11) is 3.45. The van der Waals surface area contributed by atoms with Crippen molar-refractivity contribution in [2.45, 2.75) is 51.1 Å². The molecule has 2 atom stereocenters. The predicted octanol–water partition coefficient (Wildman–Crippen LogP) is 5.03. The number of halogens is 5. The number of alkyl halides is 3. The highest BCUT2D eigenvalue weighted by molar-refractivity contribution is 5.94. The van der Waals surface area contributed by atoms with E-state index in [1.807, 2.05) is 25.8 Å². The molecule has 0 aliphatic carbocycles. The van der Waals surface area contributed by atoms with Crippen LogP contribution in [0.25, 0.3) is 22.2 Å². The SMILES string of the molecule is CC1CC(N(C)c2cc3c(cn2)c(-c2cc(C(F)(F)F)c(F)c(O)c2F)nn3C)CC(C)O1. The van der Waals surface area contributed by atoms with E-state index < -0.39 is 34.7 Å². The second-order valence-corrected chi connectivity index (χ2v) is 8.47. The fraction of sp³-hybridized carbons (Fsp3) is 0.455. The first-order chi connectivity index (χ1) is 15.4. The van der Waals surface area contributed by atoms with Crippen LogP contribution in [0.4, 0.5) is 27.8 Å². The van der Waals surface area contributed by atoms with Gasteiger partial charge in [-0.05, 0) is 32.8 Å². The second-order valence-electron chi connectivity index (χ2n) is 8.47. The highest BCUT2D eigenvalue weighted by Crippen LogP contribution is 2.41. The zero-order chi connectivity index (χ0) is 24.2. The van der Waals surface area contributed by atoms with Crippen molar-refractivity contribution in [3.05, 3.63) is 35.5 Å². The summed E-state index contributed by atoms with van der Waals surface area (Å²) in [6.45, 7) is 4.00. The highest BCUT2D eigenvalue weighted by atomic mass is 19.4. The van der Waals surface area contributed by atoms with Gasteiger partial charge < -0.3 is 14.7 Å². The van der Waals surface area contributed by atoms with Gasteiger partial charge in [0.2, 0.25) is 0 Å². The molecule has 1 N–H and O–H groups in total. The number of hydrogen-bond acceptors (Lipinski definition) is 5. The summed E-state index contributed by atoms with van der Waals surface area (Å²) in [6.07, 6.45) is -1.95. The standard InChI is InChI=1S/C22H23F5N4O2/c1-10-5-12(6-11(2)33-10)30(3)17-8-16-14(9-28-17)20(29-31(16)4)13-7-15(22(25,26)27)19(24)21(32)18(13)23/h7-12,32H,5-6H2,1-4H3. The van der Waals surface area contributed by atoms with Crippen molar-refractivity contribution in [3.8, 4) is 17.0 Å². The van der Waals surface area contributed by atoms with Crippen LogP contribution >= 0.6 is 0 Å². The summed E-state index contributed by atoms with van der Waals surface area (Å²) in [4.78, 5) is 6.43. The molecule has 4 rings (SSSR count). The molecule has 0 saturated carbocycles. The average molecular weight is 470 g/mol. The molecular weight excluding hydrogens is 447 g/mol. The van der Waals surface area contributed by atoms with Gasteiger partial charge in [0.05, 0.1) is 23.3 Å². The van der Waals surface area contributed by atoms with Gasteiger partial charge >= 0.3 is 6.18 Å². The lowest BCUT2D eigenvalue weighted by Gasteiger charge is -2.38. The van der Waals surface area contributed by atoms with Crippen LogP contribution in [-0.4, -0.2) is 45.2 Å². The van der Waals surface area contributed by atoms with Crippen LogP contribution < -0.4 is 4.90 Å². The Morgan fingerprint density at radius 3 is 2.36 bits per heavy atom. The Bertz CT molecular complexity index is 1200. The number of nitrogens with zero attached hydrogens (tertiary/aromatic N) is 4. The zero-order valence-corrected chi connectivity index (χ0v) is 18.4. The molecule has 1 fully saturated rings. The van der Waals surface area contributed by atoms with Crippen LogP contribution in [0.2, 0.25) is 0 Å². The second kappa shape index (κ2) is 8.12. The summed E-state index contributed by atoms with van der Waals surface area (Å²) < 4.78 is 75.3. The fourth-order valence-electron chi connectivity index (χ4n) is 4.41. The van der Waals surface area contributed by atoms with E-state index in [2.05, 4.69) is 10.1 Å². The number of aryl methyl sites for hydroxylation is 1. The van der Waals surface area contributed by atoms with Crippen molar-refractivity contribution >= 4 is 16.7 Å². The third-order valence-electron chi connectivity index (χ3n) is 6.04. The van der Waals surface area contributed by atoms with Crippen LogP contribution in [-0.2, 0) is 18.0 Å². The number of ether oxygens (including phenoxy) is 1. The van der Waals surface area contributed by atoms with Crippen LogP contribution in [0.3, 0.4) is 0 Å². The Kier molecular flexibility index (Phi) is 5.71. The van der Waals surface area contributed by atoms with Gasteiger partial charge in [-0.2, -0.15) is 18.3 Å². The first-order valence-electron chi connectivity index (χ1n) is 10.4. The zero-order valence-electron chi connectivity index (χ0n) is 18.4. The smallest absolute Gasteiger partial charge is 0.419 e. The predicted molar refractivity (Wildman–Crippen MR) is 112 cm³/mol. The molecule has 0 bridgehead atoms. The van der Waals surface area contributed by atoms with E-state index in [0.29, 0.717) is 17.4 Å². The largest absolute Gasteiger partial charge is 0.503 e. The Labute approximate surface area is 186 Å². The monoisotopic (exact) mass is 470 g/mol. The molecule has 1 aliphatic rings. The molecular formula is C22H23F5N4O2. The summed E-state index contributed by atoms with van der Waals surface area (Å²) in [6, 6.07) is 2.20. The fourth-order valence-corrected chi connectivity index (χ4v) is 4.41. The lowest BCUT2D eigenvalue weighted by atomic mass is 9.98. The Balaban J connectivity index is 1.79. The molecule has 6 nitrogen and oxygen atoms in total. The number of fused-ring (bicyclic) bond motifs is 1. The Morgan fingerprint density at radius 2 is 1.76 bits per heavy atom. The number of phenols is 1. The van der Waals surface area contributed by atoms with Crippen molar-refractivity contribution < 1.29 is 31.8 Å². The highest BCUT2D eigenvalue weighted by Gasteiger charge is 2.38. The minimum absolute atomic E-state index is 0.0881. The molecule has 1 saturated heterocycles. The minimum Gasteiger partial charge on any atom is -0.503 e. The van der Waals surface area contributed by atoms with Gasteiger partial charge in [0, 0.05) is 43.4 Å². The maximum atomic E-state index is 14.6. The molecule has 2 aromatic heterocycles. The Hall–Kier alpha value is -2.95. The summed E-state index contributed by atoms with van der Waals surface area (Å²) >= 11 is 0. The molecule has 33 heavy (non-hydrogen) atoms. The van der Waals surface area contributed by atoms with Crippen LogP contribution in [0.15, 0.2) is 18.3 Å². The van der Waals surface area contributed by atoms with E-state index >= 15 is 0 Å². The normalized spacial score (nSPS) is 21.5. The molecule has 0 spiro atoms. The van der Waals surface area contributed by atoms with Crippen LogP contribution in [0.5, 0.6) is 5.75 Å². The van der Waals surface area contributed by atoms with Crippen molar-refractivity contribution in [2.75, 3.05) is 11.9 Å². The van der Waals surface area contributed by atoms with Gasteiger partial charge in [0.1, 0.15) is 11.5 Å². The van der Waals surface area contributed by atoms with Crippen molar-refractivity contribution in [2.24, 2.45) is 7.05 Å². The van der Waals surface area contributed by atoms with Gasteiger partial charge in [0.25, 0.3) is 0 Å². The van der Waals surface area contributed by atoms with E-state index in [-0.39, 0.29) is 29.3 Å². The van der Waals surface area contributed by atoms with E-state index in [1.54, 1.807) is 13.1 Å². The van der Waals surface area contributed by atoms with Crippen molar-refractivity contribution in [1.29, 1.82) is 0 Å². The van der Waals surface area contributed by atoms with Gasteiger partial charge in [0.15, 0.2) is 17.4 Å². The average Bonchev–Trinajstić information content (AvgIpc) is 3.06. The van der Waals surface area contributed by atoms with Crippen LogP contribution in [0.1, 0.15) is 32.3 Å². The maximum Gasteiger partial charge on any atom is 0.419 e. The number of rotatable bonds is 3. The number of anilines is 1. The molecule has 1 aromatic carbocycles. The molecule has 3 aromatic rings. The lowest BCUT2D eigenvalue weighted by molar-refractivity contribution is -0.140. The molecule has 1 aliphatic heterocycles. The third kappa shape index (κ3) is 4.09. The molecule has 0 radical (unpaired) electrons. The van der Waals surface area contributed by atoms with Gasteiger partial charge in [-0.3, -0.25) is 4.68 Å². The van der Waals surface area contributed by atoms with Crippen LogP contribution in [0, 0.1) is 11.6 Å². The minimum atomic E-state index is -5.12. The molecule has 178 valence electrons. The van der Waals surface area contributed by atoms with E-state index in [9.17, 15) is 27.1 Å². The van der Waals surface area contributed by atoms with Crippen molar-refractivity contribution in [3.63, 3.8) is 0 Å². The Morgan fingerprint density at radius 1 is 1.12 bits per heavy atom. The first-order valence-corrected chi connectivity index (χ1v) is 10.4. The summed E-state index contributed by atoms with van der Waals surface area (Å²) in [5.41, 5.74) is -2.13. The third-order valence-corrected chi connectivity index (χ3v) is 6.04. The molecule has 0 amide bonds. The number of benzene rings is 1.